The minimum Gasteiger partial charge on any atom is -0.481 e. The number of fused-ring (bicyclic) bond motifs is 7. The first kappa shape index (κ1) is 67.6. The summed E-state index contributed by atoms with van der Waals surface area (Å²) in [5, 5.41) is 23.8. The number of esters is 8. The lowest BCUT2D eigenvalue weighted by atomic mass is 9.33. The van der Waals surface area contributed by atoms with Crippen molar-refractivity contribution in [2.75, 3.05) is 19.8 Å². The Morgan fingerprint density at radius 2 is 1.03 bits per heavy atom. The zero-order valence-corrected chi connectivity index (χ0v) is 52.7. The standard InChI is InChI=1S/C62H90O25/c1-29(63)74-26-41-45(78-31(3)65)48(81-34(6)68)51(86-54-50(83-36(8)70)47(80-33(5)67)42(28-76-54)84-53-49(82-35(7)69)46(79-32(4)66)40(27-75-53)77-30(2)64)55(85-41)87-52-39(71)25-59(13)43(58(52,11)12)18-19-61(15)44(59)17-16-37-38-24-57(9,10)20-22-62(38,56(72)73)23-21-60(37,61)14/h16,38-55,71H,17-28H2,1-15H3,(H,72,73)/t38-,39+,40-,41+,42+,43-,44+,45+,46-,47-,48-,49+,50+,51+,52-,53-,54-,55-,59-,60+,61+,62-/m0/s1. The molecule has 22 atom stereocenters. The van der Waals surface area contributed by atoms with Crippen LogP contribution in [0, 0.1) is 50.2 Å². The maximum atomic E-state index is 13.3. The second kappa shape index (κ2) is 25.5. The molecule has 0 unspecified atom stereocenters. The second-order valence-corrected chi connectivity index (χ2v) is 27.4. The van der Waals surface area contributed by atoms with Gasteiger partial charge in [-0.3, -0.25) is 43.2 Å². The summed E-state index contributed by atoms with van der Waals surface area (Å²) in [6.45, 7) is 22.5. The summed E-state index contributed by atoms with van der Waals surface area (Å²) >= 11 is 0. The molecule has 87 heavy (non-hydrogen) atoms. The molecule has 0 aromatic rings. The molecule has 3 heterocycles. The number of carboxylic acids is 1. The molecule has 25 heteroatoms. The largest absolute Gasteiger partial charge is 0.481 e. The normalized spacial score (nSPS) is 41.8. The molecule has 0 spiro atoms. The molecule has 25 nitrogen and oxygen atoms in total. The summed E-state index contributed by atoms with van der Waals surface area (Å²) in [7, 11) is 0. The second-order valence-electron chi connectivity index (χ2n) is 27.4. The number of allylic oxidation sites excluding steroid dienone is 2. The summed E-state index contributed by atoms with van der Waals surface area (Å²) in [6.07, 6.45) is -14.9. The summed E-state index contributed by atoms with van der Waals surface area (Å²) in [6, 6.07) is 0. The third kappa shape index (κ3) is 13.3. The first-order valence-electron chi connectivity index (χ1n) is 30.3. The smallest absolute Gasteiger partial charge is 0.310 e. The molecule has 3 aliphatic heterocycles. The molecule has 488 valence electrons. The van der Waals surface area contributed by atoms with Gasteiger partial charge in [0.05, 0.1) is 30.8 Å². The van der Waals surface area contributed by atoms with Crippen LogP contribution in [0.4, 0.5) is 0 Å². The number of carboxylic acid groups (broad SMARTS) is 1. The molecule has 0 aromatic heterocycles. The van der Waals surface area contributed by atoms with Crippen molar-refractivity contribution >= 4 is 53.7 Å². The predicted molar refractivity (Wildman–Crippen MR) is 296 cm³/mol. The average molecular weight is 1240 g/mol. The third-order valence-corrected chi connectivity index (χ3v) is 20.8. The monoisotopic (exact) mass is 1230 g/mol. The highest BCUT2D eigenvalue weighted by Crippen LogP contribution is 2.76. The Morgan fingerprint density at radius 1 is 0.529 bits per heavy atom. The number of hydrogen-bond acceptors (Lipinski definition) is 24. The zero-order chi connectivity index (χ0) is 64.3. The van der Waals surface area contributed by atoms with Crippen LogP contribution in [0.3, 0.4) is 0 Å². The SMILES string of the molecule is CC(=O)OC[C@H]1O[C@@H](O[C@H]2[C@H](O)C[C@]3(C)[C@H]4CC=C5[C@@H]6CC(C)(C)CC[C@]6(C(=O)O)CC[C@@]5(C)[C@]4(C)CC[C@H]3C2(C)C)[C@H](O[C@@H]2OC[C@@H](O[C@@H]3OC[C@H](OC(C)=O)[C@H](OC(C)=O)[C@H]3OC(C)=O)[C@H](OC(C)=O)[C@H]2OC(C)=O)[C@@H](OC(C)=O)[C@@H]1OC(C)=O. The van der Waals surface area contributed by atoms with Gasteiger partial charge in [-0.1, -0.05) is 60.1 Å². The molecule has 8 aliphatic rings. The number of hydrogen-bond donors (Lipinski definition) is 2. The molecule has 8 rings (SSSR count). The van der Waals surface area contributed by atoms with Crippen LogP contribution in [0.25, 0.3) is 0 Å². The average Bonchev–Trinajstić information content (AvgIpc) is 0.678. The molecule has 2 N–H and O–H groups in total. The number of rotatable bonds is 16. The first-order valence-corrected chi connectivity index (χ1v) is 30.3. The van der Waals surface area contributed by atoms with Crippen LogP contribution in [0.15, 0.2) is 11.6 Å². The van der Waals surface area contributed by atoms with Gasteiger partial charge in [0.1, 0.15) is 18.8 Å². The summed E-state index contributed by atoms with van der Waals surface area (Å²) in [5.41, 5.74) is -1.57. The molecule has 4 saturated carbocycles. The van der Waals surface area contributed by atoms with E-state index in [1.807, 2.05) is 13.8 Å². The van der Waals surface area contributed by atoms with Gasteiger partial charge in [-0.05, 0) is 103 Å². The Labute approximate surface area is 507 Å². The fourth-order valence-corrected chi connectivity index (χ4v) is 17.1. The van der Waals surface area contributed by atoms with Crippen molar-refractivity contribution in [1.29, 1.82) is 0 Å². The van der Waals surface area contributed by atoms with Gasteiger partial charge in [0, 0.05) is 55.4 Å². The molecule has 5 aliphatic carbocycles. The summed E-state index contributed by atoms with van der Waals surface area (Å²) < 4.78 is 84.4. The number of aliphatic carboxylic acids is 1. The van der Waals surface area contributed by atoms with Crippen LogP contribution in [0.1, 0.15) is 162 Å². The van der Waals surface area contributed by atoms with E-state index in [1.165, 1.54) is 5.57 Å². The van der Waals surface area contributed by atoms with Gasteiger partial charge in [-0.2, -0.15) is 0 Å². The lowest BCUT2D eigenvalue weighted by Gasteiger charge is -2.71. The predicted octanol–water partition coefficient (Wildman–Crippen LogP) is 5.52. The van der Waals surface area contributed by atoms with Crippen LogP contribution in [0.2, 0.25) is 0 Å². The quantitative estimate of drug-likeness (QED) is 0.0831. The third-order valence-electron chi connectivity index (χ3n) is 20.8. The van der Waals surface area contributed by atoms with E-state index in [4.69, 9.17) is 66.3 Å². The molecule has 0 bridgehead atoms. The molecule has 7 fully saturated rings. The van der Waals surface area contributed by atoms with Crippen LogP contribution < -0.4 is 0 Å². The number of ether oxygens (including phenoxy) is 14. The molecular formula is C62H90O25. The number of carbonyl (C=O) groups is 9. The van der Waals surface area contributed by atoms with Crippen LogP contribution in [0.5, 0.6) is 0 Å². The summed E-state index contributed by atoms with van der Waals surface area (Å²) in [5.74, 6) is -7.75. The van der Waals surface area contributed by atoms with E-state index in [-0.39, 0.29) is 40.4 Å². The highest BCUT2D eigenvalue weighted by atomic mass is 16.8. The maximum Gasteiger partial charge on any atom is 0.310 e. The van der Waals surface area contributed by atoms with Crippen molar-refractivity contribution in [3.8, 4) is 0 Å². The first-order chi connectivity index (χ1) is 40.5. The van der Waals surface area contributed by atoms with Gasteiger partial charge < -0.3 is 76.5 Å². The van der Waals surface area contributed by atoms with E-state index in [1.54, 1.807) is 0 Å². The highest BCUT2D eigenvalue weighted by molar-refractivity contribution is 5.77. The molecule has 0 amide bonds. The fourth-order valence-electron chi connectivity index (χ4n) is 17.1. The molecule has 0 aromatic carbocycles. The van der Waals surface area contributed by atoms with Crippen LogP contribution in [-0.2, 0) is 109 Å². The Morgan fingerprint density at radius 3 is 1.59 bits per heavy atom. The van der Waals surface area contributed by atoms with Gasteiger partial charge in [-0.15, -0.1) is 0 Å². The van der Waals surface area contributed by atoms with Gasteiger partial charge >= 0.3 is 53.7 Å². The topological polar surface area (TPSA) is 323 Å². The van der Waals surface area contributed by atoms with Crippen molar-refractivity contribution in [1.82, 2.24) is 0 Å². The van der Waals surface area contributed by atoms with E-state index in [0.29, 0.717) is 25.7 Å². The number of aliphatic hydroxyl groups is 1. The van der Waals surface area contributed by atoms with E-state index in [9.17, 15) is 53.4 Å². The lowest BCUT2D eigenvalue weighted by Crippen LogP contribution is -2.69. The molecule has 0 radical (unpaired) electrons. The van der Waals surface area contributed by atoms with E-state index >= 15 is 0 Å². The van der Waals surface area contributed by atoms with Crippen molar-refractivity contribution in [3.05, 3.63) is 11.6 Å². The van der Waals surface area contributed by atoms with Gasteiger partial charge in [-0.25, -0.2) is 0 Å². The van der Waals surface area contributed by atoms with Crippen molar-refractivity contribution in [2.24, 2.45) is 50.2 Å². The lowest BCUT2D eigenvalue weighted by molar-refractivity contribution is -0.381. The minimum atomic E-state index is -1.83. The number of carbonyl (C=O) groups excluding carboxylic acids is 8. The van der Waals surface area contributed by atoms with Crippen molar-refractivity contribution in [2.45, 2.75) is 254 Å². The zero-order valence-electron chi connectivity index (χ0n) is 52.7. The van der Waals surface area contributed by atoms with E-state index < -0.39 is 182 Å². The van der Waals surface area contributed by atoms with Crippen molar-refractivity contribution < 1.29 is 120 Å². The Hall–Kier alpha value is -5.31. The Bertz CT molecular complexity index is 2690. The minimum absolute atomic E-state index is 0.0233. The highest BCUT2D eigenvalue weighted by Gasteiger charge is 2.71. The maximum absolute atomic E-state index is 13.3. The Kier molecular flexibility index (Phi) is 19.8. The van der Waals surface area contributed by atoms with Gasteiger partial charge in [0.2, 0.25) is 0 Å². The molecular weight excluding hydrogens is 1140 g/mol. The fraction of sp³-hybridized carbons (Fsp3) is 0.823. The van der Waals surface area contributed by atoms with E-state index in [0.717, 1.165) is 81.1 Å². The van der Waals surface area contributed by atoms with Gasteiger partial charge in [0.25, 0.3) is 0 Å². The van der Waals surface area contributed by atoms with E-state index in [2.05, 4.69) is 40.7 Å². The van der Waals surface area contributed by atoms with Crippen molar-refractivity contribution in [3.63, 3.8) is 0 Å². The Balaban J connectivity index is 1.15. The summed E-state index contributed by atoms with van der Waals surface area (Å²) in [4.78, 5) is 116. The van der Waals surface area contributed by atoms with Crippen LogP contribution in [-0.4, -0.2) is 176 Å². The van der Waals surface area contributed by atoms with Gasteiger partial charge in [0.15, 0.2) is 67.7 Å². The molecule has 3 saturated heterocycles. The van der Waals surface area contributed by atoms with Crippen LogP contribution >= 0.6 is 0 Å². The number of aliphatic hydroxyl groups excluding tert-OH is 1.